The zero-order chi connectivity index (χ0) is 21.5. The zero-order valence-corrected chi connectivity index (χ0v) is 16.9. The van der Waals surface area contributed by atoms with Crippen LogP contribution in [0.3, 0.4) is 0 Å². The molecule has 6 heteroatoms. The fourth-order valence-electron chi connectivity index (χ4n) is 3.62. The molecule has 152 valence electrons. The van der Waals surface area contributed by atoms with Crippen LogP contribution in [0.5, 0.6) is 0 Å². The lowest BCUT2D eigenvalue weighted by atomic mass is 9.89. The highest BCUT2D eigenvalue weighted by Gasteiger charge is 2.25. The maximum atomic E-state index is 13.0. The summed E-state index contributed by atoms with van der Waals surface area (Å²) in [6.07, 6.45) is 6.91. The molecule has 1 fully saturated rings. The summed E-state index contributed by atoms with van der Waals surface area (Å²) >= 11 is 0. The van der Waals surface area contributed by atoms with E-state index in [4.69, 9.17) is 11.7 Å². The monoisotopic (exact) mass is 400 g/mol. The van der Waals surface area contributed by atoms with Gasteiger partial charge in [-0.1, -0.05) is 24.1 Å². The molecule has 1 saturated heterocycles. The third-order valence-electron chi connectivity index (χ3n) is 5.38. The third-order valence-corrected chi connectivity index (χ3v) is 5.38. The largest absolute Gasteiger partial charge is 0.339 e. The molecule has 30 heavy (non-hydrogen) atoms. The second-order valence-corrected chi connectivity index (χ2v) is 7.34. The summed E-state index contributed by atoms with van der Waals surface area (Å²) in [5.74, 6) is 2.69. The lowest BCUT2D eigenvalue weighted by molar-refractivity contribution is 0.0713. The second-order valence-electron chi connectivity index (χ2n) is 7.34. The van der Waals surface area contributed by atoms with Crippen molar-refractivity contribution in [3.63, 3.8) is 0 Å². The van der Waals surface area contributed by atoms with Gasteiger partial charge >= 0.3 is 6.03 Å². The van der Waals surface area contributed by atoms with Crippen molar-refractivity contribution in [2.24, 2.45) is 0 Å². The number of nitrogens with zero attached hydrogens (tertiary/aromatic N) is 2. The van der Waals surface area contributed by atoms with Gasteiger partial charge < -0.3 is 15.5 Å². The summed E-state index contributed by atoms with van der Waals surface area (Å²) in [6, 6.07) is 14.7. The molecule has 0 unspecified atom stereocenters. The van der Waals surface area contributed by atoms with Gasteiger partial charge in [0.15, 0.2) is 0 Å². The molecule has 0 saturated carbocycles. The van der Waals surface area contributed by atoms with Crippen molar-refractivity contribution in [2.45, 2.75) is 25.7 Å². The first kappa shape index (κ1) is 21.0. The third kappa shape index (κ3) is 4.98. The van der Waals surface area contributed by atoms with Crippen molar-refractivity contribution in [1.29, 1.82) is 5.26 Å². The Balaban J connectivity index is 1.63. The number of piperidine rings is 1. The SMILES string of the molecule is C#CCNC(=O)Nc1cc(C(=O)N2CCC(c3ccc(C#N)cc3)CC2)ccc1C. The number of hydrogen-bond acceptors (Lipinski definition) is 3. The van der Waals surface area contributed by atoms with Gasteiger partial charge in [0.2, 0.25) is 0 Å². The fraction of sp³-hybridized carbons (Fsp3) is 0.292. The Kier molecular flexibility index (Phi) is 6.72. The Labute approximate surface area is 176 Å². The lowest BCUT2D eigenvalue weighted by Crippen LogP contribution is -2.38. The van der Waals surface area contributed by atoms with E-state index in [1.54, 1.807) is 12.1 Å². The van der Waals surface area contributed by atoms with Gasteiger partial charge in [-0.15, -0.1) is 6.42 Å². The Morgan fingerprint density at radius 1 is 1.17 bits per heavy atom. The number of rotatable bonds is 4. The molecule has 2 aromatic rings. The molecule has 2 N–H and O–H groups in total. The minimum absolute atomic E-state index is 0.0413. The number of nitrogens with one attached hydrogen (secondary N) is 2. The summed E-state index contributed by atoms with van der Waals surface area (Å²) in [5.41, 5.74) is 3.86. The van der Waals surface area contributed by atoms with Gasteiger partial charge in [-0.25, -0.2) is 4.79 Å². The highest BCUT2D eigenvalue weighted by atomic mass is 16.2. The number of benzene rings is 2. The first-order valence-corrected chi connectivity index (χ1v) is 9.90. The molecule has 3 rings (SSSR count). The molecular weight excluding hydrogens is 376 g/mol. The summed E-state index contributed by atoms with van der Waals surface area (Å²) in [5, 5.41) is 14.2. The van der Waals surface area contributed by atoms with Gasteiger partial charge in [0.1, 0.15) is 0 Å². The predicted molar refractivity (Wildman–Crippen MR) is 116 cm³/mol. The van der Waals surface area contributed by atoms with Crippen molar-refractivity contribution in [3.8, 4) is 18.4 Å². The van der Waals surface area contributed by atoms with E-state index in [0.29, 0.717) is 35.8 Å². The number of likely N-dealkylation sites (tertiary alicyclic amines) is 1. The quantitative estimate of drug-likeness (QED) is 0.769. The Bertz CT molecular complexity index is 1010. The van der Waals surface area contributed by atoms with Crippen LogP contribution in [0.1, 0.15) is 45.8 Å². The fourth-order valence-corrected chi connectivity index (χ4v) is 3.62. The van der Waals surface area contributed by atoms with E-state index in [2.05, 4.69) is 22.6 Å². The van der Waals surface area contributed by atoms with Crippen molar-refractivity contribution < 1.29 is 9.59 Å². The second kappa shape index (κ2) is 9.62. The van der Waals surface area contributed by atoms with Crippen LogP contribution in [-0.2, 0) is 0 Å². The number of carbonyl (C=O) groups excluding carboxylic acids is 2. The smallest absolute Gasteiger partial charge is 0.320 e. The number of carbonyl (C=O) groups is 2. The Hall–Kier alpha value is -3.77. The highest BCUT2D eigenvalue weighted by Crippen LogP contribution is 2.29. The van der Waals surface area contributed by atoms with Crippen molar-refractivity contribution in [1.82, 2.24) is 10.2 Å². The first-order valence-electron chi connectivity index (χ1n) is 9.90. The van der Waals surface area contributed by atoms with Crippen molar-refractivity contribution in [3.05, 3.63) is 64.7 Å². The molecule has 0 radical (unpaired) electrons. The Morgan fingerprint density at radius 3 is 2.50 bits per heavy atom. The number of terminal acetylenes is 1. The molecule has 0 aromatic heterocycles. The summed E-state index contributed by atoms with van der Waals surface area (Å²) in [4.78, 5) is 26.7. The van der Waals surface area contributed by atoms with Crippen LogP contribution < -0.4 is 10.6 Å². The minimum atomic E-state index is -0.399. The molecule has 6 nitrogen and oxygen atoms in total. The molecule has 0 aliphatic carbocycles. The highest BCUT2D eigenvalue weighted by molar-refractivity contribution is 5.97. The molecule has 0 atom stereocenters. The van der Waals surface area contributed by atoms with Crippen molar-refractivity contribution >= 4 is 17.6 Å². The molecular formula is C24H24N4O2. The summed E-state index contributed by atoms with van der Waals surface area (Å²) in [6.45, 7) is 3.34. The average Bonchev–Trinajstić information content (AvgIpc) is 2.79. The van der Waals surface area contributed by atoms with Crippen LogP contribution in [0.2, 0.25) is 0 Å². The summed E-state index contributed by atoms with van der Waals surface area (Å²) in [7, 11) is 0. The van der Waals surface area contributed by atoms with E-state index in [1.165, 1.54) is 5.56 Å². The van der Waals surface area contributed by atoms with Gasteiger partial charge in [0.25, 0.3) is 5.91 Å². The maximum Gasteiger partial charge on any atom is 0.320 e. The van der Waals surface area contributed by atoms with Gasteiger partial charge in [-0.3, -0.25) is 4.79 Å². The number of hydrogen-bond donors (Lipinski definition) is 2. The van der Waals surface area contributed by atoms with E-state index < -0.39 is 6.03 Å². The average molecular weight is 400 g/mol. The maximum absolute atomic E-state index is 13.0. The normalized spacial score (nSPS) is 13.8. The molecule has 1 aliphatic heterocycles. The number of aryl methyl sites for hydroxylation is 1. The topological polar surface area (TPSA) is 85.2 Å². The molecule has 3 amide bonds. The van der Waals surface area contributed by atoms with Crippen LogP contribution in [0.25, 0.3) is 0 Å². The standard InChI is InChI=1S/C24H24N4O2/c1-3-12-26-24(30)27-22-15-21(7-4-17(22)2)23(29)28-13-10-20(11-14-28)19-8-5-18(16-25)6-9-19/h1,4-9,15,20H,10-14H2,2H3,(H2,26,27,30). The van der Waals surface area contributed by atoms with Crippen LogP contribution in [0, 0.1) is 30.6 Å². The number of anilines is 1. The molecule has 0 spiro atoms. The molecule has 0 bridgehead atoms. The van der Waals surface area contributed by atoms with E-state index >= 15 is 0 Å². The van der Waals surface area contributed by atoms with E-state index in [9.17, 15) is 9.59 Å². The van der Waals surface area contributed by atoms with E-state index in [0.717, 1.165) is 18.4 Å². The molecule has 1 aliphatic rings. The minimum Gasteiger partial charge on any atom is -0.339 e. The van der Waals surface area contributed by atoms with E-state index in [-0.39, 0.29) is 12.5 Å². The van der Waals surface area contributed by atoms with Gasteiger partial charge in [-0.05, 0) is 61.1 Å². The molecule has 1 heterocycles. The van der Waals surface area contributed by atoms with Crippen molar-refractivity contribution in [2.75, 3.05) is 25.0 Å². The number of urea groups is 1. The number of amides is 3. The van der Waals surface area contributed by atoms with Crippen LogP contribution in [-0.4, -0.2) is 36.5 Å². The zero-order valence-electron chi connectivity index (χ0n) is 16.9. The number of nitriles is 1. The van der Waals surface area contributed by atoms with Gasteiger partial charge in [0.05, 0.1) is 18.2 Å². The van der Waals surface area contributed by atoms with E-state index in [1.807, 2.05) is 42.2 Å². The van der Waals surface area contributed by atoms with Crippen LogP contribution in [0.4, 0.5) is 10.5 Å². The Morgan fingerprint density at radius 2 is 1.87 bits per heavy atom. The first-order chi connectivity index (χ1) is 14.5. The van der Waals surface area contributed by atoms with Crippen LogP contribution >= 0.6 is 0 Å². The summed E-state index contributed by atoms with van der Waals surface area (Å²) < 4.78 is 0. The predicted octanol–water partition coefficient (Wildman–Crippen LogP) is 3.64. The van der Waals surface area contributed by atoms with Crippen LogP contribution in [0.15, 0.2) is 42.5 Å². The van der Waals surface area contributed by atoms with Gasteiger partial charge in [0, 0.05) is 24.3 Å². The lowest BCUT2D eigenvalue weighted by Gasteiger charge is -2.32. The molecule has 2 aromatic carbocycles. The van der Waals surface area contributed by atoms with Gasteiger partial charge in [-0.2, -0.15) is 5.26 Å².